The summed E-state index contributed by atoms with van der Waals surface area (Å²) >= 11 is 3.14. The van der Waals surface area contributed by atoms with E-state index in [9.17, 15) is 19.3 Å². The summed E-state index contributed by atoms with van der Waals surface area (Å²) in [6.07, 6.45) is 0. The third-order valence-electron chi connectivity index (χ3n) is 2.93. The Labute approximate surface area is 128 Å². The van der Waals surface area contributed by atoms with Crippen LogP contribution in [-0.2, 0) is 0 Å². The zero-order valence-electron chi connectivity index (χ0n) is 10.9. The smallest absolute Gasteiger partial charge is 0.273 e. The largest absolute Gasteiger partial charge is 0.321 e. The van der Waals surface area contributed by atoms with Gasteiger partial charge < -0.3 is 5.32 Å². The van der Waals surface area contributed by atoms with Gasteiger partial charge in [0.2, 0.25) is 0 Å². The highest BCUT2D eigenvalue weighted by Crippen LogP contribution is 2.26. The molecule has 0 saturated heterocycles. The van der Waals surface area contributed by atoms with E-state index in [1.54, 1.807) is 0 Å². The quantitative estimate of drug-likeness (QED) is 0.668. The number of hydrogen-bond acceptors (Lipinski definition) is 3. The first-order valence-corrected chi connectivity index (χ1v) is 6.70. The molecule has 0 aliphatic heterocycles. The zero-order chi connectivity index (χ0) is 15.6. The van der Waals surface area contributed by atoms with E-state index < -0.39 is 16.6 Å². The van der Waals surface area contributed by atoms with Crippen LogP contribution >= 0.6 is 15.9 Å². The molecule has 1 amide bonds. The summed E-state index contributed by atoms with van der Waals surface area (Å²) in [7, 11) is 0. The van der Waals surface area contributed by atoms with E-state index >= 15 is 0 Å². The second-order valence-corrected chi connectivity index (χ2v) is 5.14. The molecule has 0 aliphatic carbocycles. The maximum atomic E-state index is 13.0. The number of hydrogen-bond donors (Lipinski definition) is 1. The van der Waals surface area contributed by atoms with Gasteiger partial charge >= 0.3 is 0 Å². The fraction of sp³-hybridized carbons (Fsp3) is 0.0714. The normalized spacial score (nSPS) is 10.2. The minimum Gasteiger partial charge on any atom is -0.321 e. The lowest BCUT2D eigenvalue weighted by Gasteiger charge is -2.09. The van der Waals surface area contributed by atoms with E-state index in [0.717, 1.165) is 0 Å². The molecule has 0 aromatic heterocycles. The number of nitro benzene ring substituents is 1. The van der Waals surface area contributed by atoms with Crippen molar-refractivity contribution in [3.05, 3.63) is 67.9 Å². The minimum absolute atomic E-state index is 0.124. The summed E-state index contributed by atoms with van der Waals surface area (Å²) in [5.74, 6) is -0.935. The number of nitrogens with zero attached hydrogens (tertiary/aromatic N) is 1. The van der Waals surface area contributed by atoms with Crippen LogP contribution in [0.5, 0.6) is 0 Å². The third-order valence-corrected chi connectivity index (χ3v) is 3.58. The third kappa shape index (κ3) is 3.25. The molecule has 0 unspecified atom stereocenters. The van der Waals surface area contributed by atoms with Crippen LogP contribution < -0.4 is 5.32 Å². The topological polar surface area (TPSA) is 72.2 Å². The Kier molecular flexibility index (Phi) is 4.32. The second kappa shape index (κ2) is 6.01. The molecule has 0 atom stereocenters. The summed E-state index contributed by atoms with van der Waals surface area (Å²) in [5, 5.41) is 13.5. The lowest BCUT2D eigenvalue weighted by atomic mass is 10.1. The molecule has 21 heavy (non-hydrogen) atoms. The molecule has 2 aromatic rings. The first kappa shape index (κ1) is 15.1. The number of benzene rings is 2. The molecule has 0 fully saturated rings. The van der Waals surface area contributed by atoms with E-state index in [0.29, 0.717) is 10.2 Å². The molecule has 0 saturated carbocycles. The second-order valence-electron chi connectivity index (χ2n) is 4.29. The predicted octanol–water partition coefficient (Wildman–Crippen LogP) is 4.06. The molecule has 108 valence electrons. The van der Waals surface area contributed by atoms with Crippen molar-refractivity contribution in [1.29, 1.82) is 0 Å². The van der Waals surface area contributed by atoms with Gasteiger partial charge in [-0.05, 0) is 47.1 Å². The van der Waals surface area contributed by atoms with Gasteiger partial charge in [0.05, 0.1) is 10.6 Å². The highest BCUT2D eigenvalue weighted by Gasteiger charge is 2.18. The number of nitro groups is 1. The SMILES string of the molecule is Cc1c(C(=O)Nc2ccc(F)cc2Br)cccc1[N+](=O)[O-]. The van der Waals surface area contributed by atoms with Gasteiger partial charge in [0, 0.05) is 21.7 Å². The van der Waals surface area contributed by atoms with E-state index in [2.05, 4.69) is 21.2 Å². The van der Waals surface area contributed by atoms with Gasteiger partial charge in [-0.1, -0.05) is 6.07 Å². The molecule has 0 bridgehead atoms. The maximum Gasteiger partial charge on any atom is 0.273 e. The highest BCUT2D eigenvalue weighted by molar-refractivity contribution is 9.10. The lowest BCUT2D eigenvalue weighted by Crippen LogP contribution is -2.14. The fourth-order valence-electron chi connectivity index (χ4n) is 1.85. The summed E-state index contributed by atoms with van der Waals surface area (Å²) in [5.41, 5.74) is 0.729. The Bertz CT molecular complexity index is 734. The Morgan fingerprint density at radius 3 is 2.67 bits per heavy atom. The van der Waals surface area contributed by atoms with Gasteiger partial charge in [-0.2, -0.15) is 0 Å². The molecule has 0 aliphatic rings. The van der Waals surface area contributed by atoms with Crippen molar-refractivity contribution in [2.75, 3.05) is 5.32 Å². The van der Waals surface area contributed by atoms with Crippen molar-refractivity contribution >= 4 is 33.2 Å². The van der Waals surface area contributed by atoms with E-state index in [1.165, 1.54) is 43.3 Å². The van der Waals surface area contributed by atoms with Gasteiger partial charge in [-0.15, -0.1) is 0 Å². The van der Waals surface area contributed by atoms with Crippen molar-refractivity contribution in [3.8, 4) is 0 Å². The number of rotatable bonds is 3. The van der Waals surface area contributed by atoms with Crippen molar-refractivity contribution in [1.82, 2.24) is 0 Å². The number of carbonyl (C=O) groups is 1. The summed E-state index contributed by atoms with van der Waals surface area (Å²) in [6.45, 7) is 1.51. The molecule has 5 nitrogen and oxygen atoms in total. The molecule has 1 N–H and O–H groups in total. The molecule has 2 aromatic carbocycles. The van der Waals surface area contributed by atoms with Crippen molar-refractivity contribution in [2.24, 2.45) is 0 Å². The average molecular weight is 353 g/mol. The van der Waals surface area contributed by atoms with Crippen LogP contribution in [0.2, 0.25) is 0 Å². The number of anilines is 1. The van der Waals surface area contributed by atoms with Crippen LogP contribution in [0.25, 0.3) is 0 Å². The lowest BCUT2D eigenvalue weighted by molar-refractivity contribution is -0.385. The predicted molar refractivity (Wildman–Crippen MR) is 79.9 cm³/mol. The van der Waals surface area contributed by atoms with Crippen molar-refractivity contribution in [3.63, 3.8) is 0 Å². The molecule has 0 radical (unpaired) electrons. The number of nitrogens with one attached hydrogen (secondary N) is 1. The molecule has 0 spiro atoms. The Morgan fingerprint density at radius 2 is 2.05 bits per heavy atom. The Hall–Kier alpha value is -2.28. The van der Waals surface area contributed by atoms with Gasteiger partial charge in [0.15, 0.2) is 0 Å². The Balaban J connectivity index is 2.33. The molecule has 7 heteroatoms. The van der Waals surface area contributed by atoms with Crippen LogP contribution in [-0.4, -0.2) is 10.8 Å². The number of halogens is 2. The molecule has 0 heterocycles. The van der Waals surface area contributed by atoms with Gasteiger partial charge in [-0.3, -0.25) is 14.9 Å². The summed E-state index contributed by atoms with van der Waals surface area (Å²) < 4.78 is 13.4. The van der Waals surface area contributed by atoms with Crippen LogP contribution in [0, 0.1) is 22.9 Å². The molecule has 2 rings (SSSR count). The monoisotopic (exact) mass is 352 g/mol. The van der Waals surface area contributed by atoms with E-state index in [4.69, 9.17) is 0 Å². The van der Waals surface area contributed by atoms with Crippen LogP contribution in [0.3, 0.4) is 0 Å². The summed E-state index contributed by atoms with van der Waals surface area (Å²) in [4.78, 5) is 22.5. The van der Waals surface area contributed by atoms with Gasteiger partial charge in [-0.25, -0.2) is 4.39 Å². The van der Waals surface area contributed by atoms with Gasteiger partial charge in [0.1, 0.15) is 5.82 Å². The van der Waals surface area contributed by atoms with Crippen molar-refractivity contribution in [2.45, 2.75) is 6.92 Å². The first-order valence-electron chi connectivity index (χ1n) is 5.90. The highest BCUT2D eigenvalue weighted by atomic mass is 79.9. The first-order chi connectivity index (χ1) is 9.90. The average Bonchev–Trinajstić information content (AvgIpc) is 2.41. The minimum atomic E-state index is -0.542. The molecular formula is C14H10BrFN2O3. The van der Waals surface area contributed by atoms with Crippen LogP contribution in [0.4, 0.5) is 15.8 Å². The van der Waals surface area contributed by atoms with Gasteiger partial charge in [0.25, 0.3) is 11.6 Å². The van der Waals surface area contributed by atoms with Crippen molar-refractivity contribution < 1.29 is 14.1 Å². The van der Waals surface area contributed by atoms with Crippen LogP contribution in [0.15, 0.2) is 40.9 Å². The Morgan fingerprint density at radius 1 is 1.33 bits per heavy atom. The van der Waals surface area contributed by atoms with E-state index in [1.807, 2.05) is 0 Å². The summed E-state index contributed by atoms with van der Waals surface area (Å²) in [6, 6.07) is 8.11. The van der Waals surface area contributed by atoms with E-state index in [-0.39, 0.29) is 16.8 Å². The maximum absolute atomic E-state index is 13.0. The number of amides is 1. The van der Waals surface area contributed by atoms with Crippen LogP contribution in [0.1, 0.15) is 15.9 Å². The number of carbonyl (C=O) groups excluding carboxylic acids is 1. The fourth-order valence-corrected chi connectivity index (χ4v) is 2.30. The molecular weight excluding hydrogens is 343 g/mol. The zero-order valence-corrected chi connectivity index (χ0v) is 12.5. The standard InChI is InChI=1S/C14H10BrFN2O3/c1-8-10(3-2-4-13(8)18(20)21)14(19)17-12-6-5-9(16)7-11(12)15/h2-7H,1H3,(H,17,19).